The number of nitrogens with one attached hydrogen (secondary N) is 1. The third-order valence-electron chi connectivity index (χ3n) is 8.68. The summed E-state index contributed by atoms with van der Waals surface area (Å²) < 4.78 is 2.63. The summed E-state index contributed by atoms with van der Waals surface area (Å²) in [4.78, 5) is 0. The van der Waals surface area contributed by atoms with E-state index >= 15 is 0 Å². The van der Waals surface area contributed by atoms with Crippen LogP contribution >= 0.6 is 11.3 Å². The van der Waals surface area contributed by atoms with Crippen molar-refractivity contribution in [3.05, 3.63) is 156 Å². The number of fused-ring (bicyclic) bond motifs is 13. The van der Waals surface area contributed by atoms with E-state index in [9.17, 15) is 0 Å². The zero-order valence-electron chi connectivity index (χ0n) is 21.1. The maximum atomic E-state index is 3.84. The van der Waals surface area contributed by atoms with Crippen molar-refractivity contribution in [3.63, 3.8) is 0 Å². The van der Waals surface area contributed by atoms with Crippen molar-refractivity contribution in [1.29, 1.82) is 0 Å². The van der Waals surface area contributed by atoms with Gasteiger partial charge in [0.05, 0.1) is 5.41 Å². The molecule has 2 aliphatic rings. The topological polar surface area (TPSA) is 12.0 Å². The second kappa shape index (κ2) is 7.69. The number of rotatable bonds is 2. The Hall–Kier alpha value is -4.66. The van der Waals surface area contributed by atoms with E-state index in [-0.39, 0.29) is 5.41 Å². The summed E-state index contributed by atoms with van der Waals surface area (Å²) >= 11 is 1.86. The zero-order chi connectivity index (χ0) is 25.6. The maximum Gasteiger partial charge on any atom is 0.0726 e. The Morgan fingerprint density at radius 3 is 1.72 bits per heavy atom. The van der Waals surface area contributed by atoms with Gasteiger partial charge in [-0.3, -0.25) is 0 Å². The first-order valence-electron chi connectivity index (χ1n) is 13.4. The van der Waals surface area contributed by atoms with Crippen molar-refractivity contribution in [2.75, 3.05) is 5.32 Å². The predicted molar refractivity (Wildman–Crippen MR) is 165 cm³/mol. The molecule has 1 N–H and O–H groups in total. The van der Waals surface area contributed by atoms with Crippen molar-refractivity contribution in [1.82, 2.24) is 0 Å². The van der Waals surface area contributed by atoms with Crippen molar-refractivity contribution in [3.8, 4) is 22.3 Å². The van der Waals surface area contributed by atoms with Gasteiger partial charge in [-0.1, -0.05) is 103 Å². The van der Waals surface area contributed by atoms with Crippen LogP contribution in [-0.2, 0) is 5.41 Å². The van der Waals surface area contributed by atoms with E-state index in [4.69, 9.17) is 0 Å². The van der Waals surface area contributed by atoms with Crippen molar-refractivity contribution in [2.45, 2.75) is 5.41 Å². The molecule has 0 unspecified atom stereocenters. The fourth-order valence-corrected chi connectivity index (χ4v) is 8.34. The highest BCUT2D eigenvalue weighted by molar-refractivity contribution is 7.25. The van der Waals surface area contributed by atoms with E-state index in [1.165, 1.54) is 64.7 Å². The van der Waals surface area contributed by atoms with Gasteiger partial charge in [-0.15, -0.1) is 11.3 Å². The minimum absolute atomic E-state index is 0.322. The number of hydrogen-bond donors (Lipinski definition) is 1. The lowest BCUT2D eigenvalue weighted by Crippen LogP contribution is -2.25. The highest BCUT2D eigenvalue weighted by atomic mass is 32.1. The molecule has 0 amide bonds. The van der Waals surface area contributed by atoms with Crippen LogP contribution in [0.3, 0.4) is 0 Å². The highest BCUT2D eigenvalue weighted by Gasteiger charge is 2.51. The van der Waals surface area contributed by atoms with Crippen LogP contribution in [0.5, 0.6) is 0 Å². The molecule has 39 heavy (non-hydrogen) atoms. The van der Waals surface area contributed by atoms with Crippen molar-refractivity contribution < 1.29 is 0 Å². The Kier molecular flexibility index (Phi) is 4.20. The molecule has 7 aromatic rings. The van der Waals surface area contributed by atoms with Crippen LogP contribution in [0.15, 0.2) is 133 Å². The molecule has 0 atom stereocenters. The summed E-state index contributed by atoms with van der Waals surface area (Å²) in [5.41, 5.74) is 12.8. The molecule has 0 saturated heterocycles. The molecular formula is C37H23NS. The van der Waals surface area contributed by atoms with E-state index in [1.807, 2.05) is 11.3 Å². The van der Waals surface area contributed by atoms with Gasteiger partial charge in [-0.25, -0.2) is 0 Å². The summed E-state index contributed by atoms with van der Waals surface area (Å²) in [6.45, 7) is 0. The van der Waals surface area contributed by atoms with Crippen LogP contribution in [0.4, 0.5) is 11.4 Å². The zero-order valence-corrected chi connectivity index (χ0v) is 21.9. The molecule has 182 valence electrons. The van der Waals surface area contributed by atoms with Gasteiger partial charge >= 0.3 is 0 Å². The van der Waals surface area contributed by atoms with Crippen LogP contribution in [0, 0.1) is 0 Å². The van der Waals surface area contributed by atoms with Crippen molar-refractivity contribution in [2.24, 2.45) is 0 Å². The highest BCUT2D eigenvalue weighted by Crippen LogP contribution is 2.63. The molecule has 0 fully saturated rings. The van der Waals surface area contributed by atoms with Gasteiger partial charge in [0.15, 0.2) is 0 Å². The van der Waals surface area contributed by atoms with Crippen LogP contribution in [0.2, 0.25) is 0 Å². The predicted octanol–water partition coefficient (Wildman–Crippen LogP) is 10.1. The van der Waals surface area contributed by atoms with Gasteiger partial charge in [0, 0.05) is 31.5 Å². The lowest BCUT2D eigenvalue weighted by Gasteiger charge is -2.30. The minimum atomic E-state index is -0.322. The molecule has 1 aromatic heterocycles. The molecule has 0 bridgehead atoms. The molecule has 2 heteroatoms. The summed E-state index contributed by atoms with van der Waals surface area (Å²) in [7, 11) is 0. The largest absolute Gasteiger partial charge is 0.355 e. The molecule has 1 spiro atoms. The van der Waals surface area contributed by atoms with Gasteiger partial charge in [-0.2, -0.15) is 0 Å². The number of hydrogen-bond acceptors (Lipinski definition) is 2. The van der Waals surface area contributed by atoms with Gasteiger partial charge in [0.2, 0.25) is 0 Å². The second-order valence-corrected chi connectivity index (χ2v) is 11.6. The van der Waals surface area contributed by atoms with Gasteiger partial charge in [0.25, 0.3) is 0 Å². The average Bonchev–Trinajstić information content (AvgIpc) is 3.62. The lowest BCUT2D eigenvalue weighted by atomic mass is 9.70. The SMILES string of the molecule is c1ccc2c(c1)-c1ccccc1C21c2ccccc2-c2ccc(Nc3cccc4sc5ccccc5c34)cc21. The minimum Gasteiger partial charge on any atom is -0.355 e. The van der Waals surface area contributed by atoms with Crippen molar-refractivity contribution >= 4 is 42.9 Å². The fourth-order valence-electron chi connectivity index (χ4n) is 7.21. The van der Waals surface area contributed by atoms with Gasteiger partial charge in [-0.05, 0) is 74.8 Å². The molecular weight excluding hydrogens is 490 g/mol. The quantitative estimate of drug-likeness (QED) is 0.242. The van der Waals surface area contributed by atoms with E-state index in [0.29, 0.717) is 0 Å². The Bertz CT molecular complexity index is 2050. The number of anilines is 2. The second-order valence-electron chi connectivity index (χ2n) is 10.5. The van der Waals surface area contributed by atoms with Gasteiger partial charge < -0.3 is 5.32 Å². The first-order valence-corrected chi connectivity index (χ1v) is 14.3. The average molecular weight is 514 g/mol. The standard InChI is InChI=1S/C37H23NS/c1-5-14-29-24(10-1)25-11-2-6-15-30(25)37(29)31-16-7-3-12-26(31)27-21-20-23(22-32(27)37)38-33-17-9-19-35-36(33)28-13-4-8-18-34(28)39-35/h1-22,38H. The Labute approximate surface area is 231 Å². The van der Waals surface area contributed by atoms with Gasteiger partial charge in [0.1, 0.15) is 0 Å². The summed E-state index contributed by atoms with van der Waals surface area (Å²) in [6, 6.07) is 49.2. The first kappa shape index (κ1) is 21.3. The molecule has 1 heterocycles. The van der Waals surface area contributed by atoms with E-state index in [0.717, 1.165) is 11.4 Å². The molecule has 1 nitrogen and oxygen atoms in total. The first-order chi connectivity index (χ1) is 19.3. The Morgan fingerprint density at radius 2 is 1.03 bits per heavy atom. The lowest BCUT2D eigenvalue weighted by molar-refractivity contribution is 0.794. The maximum absolute atomic E-state index is 3.84. The van der Waals surface area contributed by atoms with Crippen LogP contribution in [-0.4, -0.2) is 0 Å². The Morgan fingerprint density at radius 1 is 0.462 bits per heavy atom. The van der Waals surface area contributed by atoms with Crippen LogP contribution < -0.4 is 5.32 Å². The molecule has 0 aliphatic heterocycles. The van der Waals surface area contributed by atoms with Crippen LogP contribution in [0.25, 0.3) is 42.4 Å². The fraction of sp³-hybridized carbons (Fsp3) is 0.0270. The third kappa shape index (κ3) is 2.69. The third-order valence-corrected chi connectivity index (χ3v) is 9.81. The van der Waals surface area contributed by atoms with E-state index in [1.54, 1.807) is 0 Å². The molecule has 9 rings (SSSR count). The summed E-state index contributed by atoms with van der Waals surface area (Å²) in [5, 5.41) is 6.45. The molecule has 2 aliphatic carbocycles. The number of benzene rings is 6. The molecule has 0 radical (unpaired) electrons. The number of thiophene rings is 1. The van der Waals surface area contributed by atoms with Crippen LogP contribution in [0.1, 0.15) is 22.3 Å². The summed E-state index contributed by atoms with van der Waals surface area (Å²) in [5.74, 6) is 0. The van der Waals surface area contributed by atoms with E-state index in [2.05, 4.69) is 139 Å². The monoisotopic (exact) mass is 513 g/mol. The molecule has 0 saturated carbocycles. The molecule has 6 aromatic carbocycles. The normalized spacial score (nSPS) is 13.8. The van der Waals surface area contributed by atoms with E-state index < -0.39 is 0 Å². The smallest absolute Gasteiger partial charge is 0.0726 e. The Balaban J connectivity index is 1.30. The summed E-state index contributed by atoms with van der Waals surface area (Å²) in [6.07, 6.45) is 0.